The van der Waals surface area contributed by atoms with Crippen molar-refractivity contribution >= 4 is 5.69 Å². The predicted octanol–water partition coefficient (Wildman–Crippen LogP) is 1.78. The first-order chi connectivity index (χ1) is 5.65. The number of nitrogen functional groups attached to an aromatic ring is 1. The third-order valence-corrected chi connectivity index (χ3v) is 1.73. The molecule has 0 bridgehead atoms. The first-order valence-corrected chi connectivity index (χ1v) is 3.56. The minimum absolute atomic E-state index is 0.196. The molecule has 0 aliphatic heterocycles. The Balaban J connectivity index is 3.14. The van der Waals surface area contributed by atoms with Crippen LogP contribution in [0.4, 0.5) is 10.1 Å². The van der Waals surface area contributed by atoms with Gasteiger partial charge in [-0.3, -0.25) is 0 Å². The minimum Gasteiger partial charge on any atom is -0.398 e. The van der Waals surface area contributed by atoms with Gasteiger partial charge in [-0.15, -0.1) is 0 Å². The van der Waals surface area contributed by atoms with E-state index in [1.54, 1.807) is 13.0 Å². The third kappa shape index (κ3) is 1.54. The molecule has 0 heterocycles. The van der Waals surface area contributed by atoms with Gasteiger partial charge in [0.15, 0.2) is 0 Å². The van der Waals surface area contributed by atoms with Gasteiger partial charge in [-0.05, 0) is 24.6 Å². The summed E-state index contributed by atoms with van der Waals surface area (Å²) in [6.45, 7) is 1.61. The van der Waals surface area contributed by atoms with Crippen molar-refractivity contribution in [2.45, 2.75) is 13.3 Å². The van der Waals surface area contributed by atoms with Crippen LogP contribution in [0.25, 0.3) is 0 Å². The molecule has 2 N–H and O–H groups in total. The summed E-state index contributed by atoms with van der Waals surface area (Å²) in [4.78, 5) is 0. The van der Waals surface area contributed by atoms with Crippen LogP contribution < -0.4 is 5.73 Å². The van der Waals surface area contributed by atoms with Gasteiger partial charge < -0.3 is 5.73 Å². The summed E-state index contributed by atoms with van der Waals surface area (Å²) in [5.74, 6) is -0.347. The van der Waals surface area contributed by atoms with E-state index < -0.39 is 0 Å². The number of rotatable bonds is 1. The van der Waals surface area contributed by atoms with Gasteiger partial charge >= 0.3 is 0 Å². The number of nitrogens with two attached hydrogens (primary N) is 1. The maximum Gasteiger partial charge on any atom is 0.128 e. The number of nitrogens with zero attached hydrogens (tertiary/aromatic N) is 1. The molecule has 1 aromatic carbocycles. The van der Waals surface area contributed by atoms with Crippen molar-refractivity contribution < 1.29 is 4.39 Å². The van der Waals surface area contributed by atoms with Crippen LogP contribution in [0.2, 0.25) is 0 Å². The molecule has 0 spiro atoms. The Morgan fingerprint density at radius 2 is 2.25 bits per heavy atom. The van der Waals surface area contributed by atoms with E-state index in [9.17, 15) is 4.39 Å². The first-order valence-electron chi connectivity index (χ1n) is 3.56. The maximum absolute atomic E-state index is 13.0. The van der Waals surface area contributed by atoms with Crippen molar-refractivity contribution in [2.75, 3.05) is 5.73 Å². The van der Waals surface area contributed by atoms with Crippen LogP contribution in [0.3, 0.4) is 0 Å². The van der Waals surface area contributed by atoms with Crippen LogP contribution in [0.1, 0.15) is 11.1 Å². The number of hydrogen-bond donors (Lipinski definition) is 1. The average molecular weight is 164 g/mol. The Morgan fingerprint density at radius 1 is 1.58 bits per heavy atom. The molecule has 0 saturated carbocycles. The fourth-order valence-electron chi connectivity index (χ4n) is 0.952. The summed E-state index contributed by atoms with van der Waals surface area (Å²) >= 11 is 0. The lowest BCUT2D eigenvalue weighted by molar-refractivity contribution is 0.618. The average Bonchev–Trinajstić information content (AvgIpc) is 2.01. The summed E-state index contributed by atoms with van der Waals surface area (Å²) in [5.41, 5.74) is 6.97. The molecule has 1 rings (SSSR count). The number of nitriles is 1. The van der Waals surface area contributed by atoms with E-state index >= 15 is 0 Å². The van der Waals surface area contributed by atoms with Crippen molar-refractivity contribution in [3.63, 3.8) is 0 Å². The highest BCUT2D eigenvalue weighted by atomic mass is 19.1. The zero-order valence-electron chi connectivity index (χ0n) is 6.76. The van der Waals surface area contributed by atoms with Crippen LogP contribution in [-0.4, -0.2) is 0 Å². The summed E-state index contributed by atoms with van der Waals surface area (Å²) in [7, 11) is 0. The fourth-order valence-corrected chi connectivity index (χ4v) is 0.952. The van der Waals surface area contributed by atoms with Gasteiger partial charge in [-0.25, -0.2) is 4.39 Å². The Hall–Kier alpha value is -1.56. The standard InChI is InChI=1S/C9H9FN2/c1-6-8(10)4-7(2-3-11)5-9(6)12/h4-5H,2,12H2,1H3. The SMILES string of the molecule is Cc1c(N)cc(CC#N)cc1F. The topological polar surface area (TPSA) is 49.8 Å². The second kappa shape index (κ2) is 3.22. The highest BCUT2D eigenvalue weighted by Crippen LogP contribution is 2.17. The van der Waals surface area contributed by atoms with Crippen molar-refractivity contribution in [1.82, 2.24) is 0 Å². The zero-order chi connectivity index (χ0) is 9.14. The van der Waals surface area contributed by atoms with E-state index in [1.165, 1.54) is 6.07 Å². The minimum atomic E-state index is -0.347. The Bertz CT molecular complexity index is 316. The third-order valence-electron chi connectivity index (χ3n) is 1.73. The smallest absolute Gasteiger partial charge is 0.128 e. The van der Waals surface area contributed by atoms with Gasteiger partial charge in [0.05, 0.1) is 12.5 Å². The molecule has 0 unspecified atom stereocenters. The number of benzene rings is 1. The molecule has 0 atom stereocenters. The summed E-state index contributed by atoms with van der Waals surface area (Å²) in [6.07, 6.45) is 0.196. The van der Waals surface area contributed by atoms with Crippen molar-refractivity contribution in [1.29, 1.82) is 5.26 Å². The molecule has 0 fully saturated rings. The van der Waals surface area contributed by atoms with Crippen LogP contribution >= 0.6 is 0 Å². The molecular weight excluding hydrogens is 155 g/mol. The second-order valence-corrected chi connectivity index (χ2v) is 2.63. The lowest BCUT2D eigenvalue weighted by Crippen LogP contribution is -1.95. The molecule has 2 nitrogen and oxygen atoms in total. The van der Waals surface area contributed by atoms with Crippen molar-refractivity contribution in [3.8, 4) is 6.07 Å². The summed E-state index contributed by atoms with van der Waals surface area (Å²) in [6, 6.07) is 4.90. The van der Waals surface area contributed by atoms with Crippen LogP contribution in [0.15, 0.2) is 12.1 Å². The first kappa shape index (κ1) is 8.54. The van der Waals surface area contributed by atoms with Gasteiger partial charge in [-0.2, -0.15) is 5.26 Å². The molecule has 0 amide bonds. The molecular formula is C9H9FN2. The molecule has 62 valence electrons. The molecule has 12 heavy (non-hydrogen) atoms. The van der Waals surface area contributed by atoms with Crippen LogP contribution in [0.5, 0.6) is 0 Å². The number of hydrogen-bond acceptors (Lipinski definition) is 2. The van der Waals surface area contributed by atoms with Crippen molar-refractivity contribution in [3.05, 3.63) is 29.1 Å². The highest BCUT2D eigenvalue weighted by Gasteiger charge is 2.03. The molecule has 0 aliphatic rings. The van der Waals surface area contributed by atoms with Gasteiger partial charge in [0.2, 0.25) is 0 Å². The number of anilines is 1. The Labute approximate surface area is 70.4 Å². The van der Waals surface area contributed by atoms with Crippen LogP contribution in [0, 0.1) is 24.1 Å². The molecule has 3 heteroatoms. The van der Waals surface area contributed by atoms with Crippen LogP contribution in [-0.2, 0) is 6.42 Å². The Kier molecular flexibility index (Phi) is 2.29. The van der Waals surface area contributed by atoms with Gasteiger partial charge in [-0.1, -0.05) is 0 Å². The Morgan fingerprint density at radius 3 is 2.75 bits per heavy atom. The largest absolute Gasteiger partial charge is 0.398 e. The summed E-state index contributed by atoms with van der Waals surface area (Å²) < 4.78 is 13.0. The normalized spacial score (nSPS) is 9.42. The van der Waals surface area contributed by atoms with E-state index in [0.717, 1.165) is 0 Å². The van der Waals surface area contributed by atoms with Gasteiger partial charge in [0.1, 0.15) is 5.82 Å². The van der Waals surface area contributed by atoms with E-state index in [2.05, 4.69) is 0 Å². The summed E-state index contributed by atoms with van der Waals surface area (Å²) in [5, 5.41) is 8.36. The molecule has 0 aliphatic carbocycles. The van der Waals surface area contributed by atoms with Gasteiger partial charge in [0, 0.05) is 11.3 Å². The molecule has 0 aromatic heterocycles. The lowest BCUT2D eigenvalue weighted by Gasteiger charge is -2.03. The molecule has 1 aromatic rings. The predicted molar refractivity (Wildman–Crippen MR) is 44.9 cm³/mol. The quantitative estimate of drug-likeness (QED) is 0.643. The van der Waals surface area contributed by atoms with Crippen molar-refractivity contribution in [2.24, 2.45) is 0 Å². The lowest BCUT2D eigenvalue weighted by atomic mass is 10.1. The fraction of sp³-hybridized carbons (Fsp3) is 0.222. The van der Waals surface area contributed by atoms with Gasteiger partial charge in [0.25, 0.3) is 0 Å². The van der Waals surface area contributed by atoms with E-state index in [1.807, 2.05) is 6.07 Å². The van der Waals surface area contributed by atoms with E-state index in [4.69, 9.17) is 11.0 Å². The molecule has 0 radical (unpaired) electrons. The monoisotopic (exact) mass is 164 g/mol. The van der Waals surface area contributed by atoms with E-state index in [-0.39, 0.29) is 12.2 Å². The highest BCUT2D eigenvalue weighted by molar-refractivity contribution is 5.49. The van der Waals surface area contributed by atoms with E-state index in [0.29, 0.717) is 16.8 Å². The number of halogens is 1. The molecule has 0 saturated heterocycles. The second-order valence-electron chi connectivity index (χ2n) is 2.63. The zero-order valence-corrected chi connectivity index (χ0v) is 6.76. The maximum atomic E-state index is 13.0.